The van der Waals surface area contributed by atoms with Crippen molar-refractivity contribution < 1.29 is 9.47 Å². The standard InChI is InChI=1S/C14H14N2O2/c15-11-3-1-2-4-12(11)16-8-10-5-6-13-14(7-10)18-9-17-13/h1-7,16H,8-9,15H2. The van der Waals surface area contributed by atoms with E-state index in [0.717, 1.165) is 28.4 Å². The van der Waals surface area contributed by atoms with E-state index in [0.29, 0.717) is 13.3 Å². The molecule has 4 heteroatoms. The molecule has 0 aliphatic carbocycles. The maximum absolute atomic E-state index is 5.87. The van der Waals surface area contributed by atoms with Crippen LogP contribution in [0.2, 0.25) is 0 Å². The maximum Gasteiger partial charge on any atom is 0.231 e. The van der Waals surface area contributed by atoms with Gasteiger partial charge in [-0.05, 0) is 29.8 Å². The number of nitrogens with two attached hydrogens (primary N) is 1. The number of ether oxygens (including phenoxy) is 2. The summed E-state index contributed by atoms with van der Waals surface area (Å²) < 4.78 is 10.6. The normalized spacial score (nSPS) is 12.4. The molecule has 0 fully saturated rings. The van der Waals surface area contributed by atoms with E-state index in [-0.39, 0.29) is 0 Å². The predicted octanol–water partition coefficient (Wildman–Crippen LogP) is 2.61. The second kappa shape index (κ2) is 4.49. The van der Waals surface area contributed by atoms with Crippen molar-refractivity contribution in [3.8, 4) is 11.5 Å². The summed E-state index contributed by atoms with van der Waals surface area (Å²) in [7, 11) is 0. The van der Waals surface area contributed by atoms with Crippen LogP contribution < -0.4 is 20.5 Å². The highest BCUT2D eigenvalue weighted by molar-refractivity contribution is 5.65. The molecular weight excluding hydrogens is 228 g/mol. The zero-order valence-corrected chi connectivity index (χ0v) is 9.85. The minimum Gasteiger partial charge on any atom is -0.454 e. The summed E-state index contributed by atoms with van der Waals surface area (Å²) in [5.41, 5.74) is 8.68. The number of benzene rings is 2. The number of rotatable bonds is 3. The molecule has 1 heterocycles. The molecule has 0 atom stereocenters. The fraction of sp³-hybridized carbons (Fsp3) is 0.143. The van der Waals surface area contributed by atoms with E-state index in [1.165, 1.54) is 0 Å². The molecule has 1 aliphatic rings. The summed E-state index contributed by atoms with van der Waals surface area (Å²) in [6, 6.07) is 13.6. The molecule has 0 amide bonds. The van der Waals surface area contributed by atoms with Crippen molar-refractivity contribution in [2.45, 2.75) is 6.54 Å². The van der Waals surface area contributed by atoms with Gasteiger partial charge in [0.05, 0.1) is 11.4 Å². The van der Waals surface area contributed by atoms with Gasteiger partial charge >= 0.3 is 0 Å². The van der Waals surface area contributed by atoms with E-state index >= 15 is 0 Å². The molecule has 1 aliphatic heterocycles. The summed E-state index contributed by atoms with van der Waals surface area (Å²) in [4.78, 5) is 0. The van der Waals surface area contributed by atoms with Crippen LogP contribution in [-0.2, 0) is 6.54 Å². The lowest BCUT2D eigenvalue weighted by Crippen LogP contribution is -2.02. The van der Waals surface area contributed by atoms with E-state index in [1.807, 2.05) is 42.5 Å². The number of anilines is 2. The molecule has 0 radical (unpaired) electrons. The van der Waals surface area contributed by atoms with E-state index in [2.05, 4.69) is 5.32 Å². The summed E-state index contributed by atoms with van der Waals surface area (Å²) in [5.74, 6) is 1.60. The summed E-state index contributed by atoms with van der Waals surface area (Å²) in [6.07, 6.45) is 0. The molecule has 0 bridgehead atoms. The van der Waals surface area contributed by atoms with Crippen LogP contribution >= 0.6 is 0 Å². The minimum atomic E-state index is 0.303. The molecule has 0 unspecified atom stereocenters. The van der Waals surface area contributed by atoms with Gasteiger partial charge in [0.1, 0.15) is 0 Å². The highest BCUT2D eigenvalue weighted by Crippen LogP contribution is 2.32. The van der Waals surface area contributed by atoms with Gasteiger partial charge in [-0.3, -0.25) is 0 Å². The molecule has 4 nitrogen and oxygen atoms in total. The molecule has 92 valence electrons. The third kappa shape index (κ3) is 2.05. The van der Waals surface area contributed by atoms with Crippen LogP contribution in [0, 0.1) is 0 Å². The van der Waals surface area contributed by atoms with Crippen molar-refractivity contribution >= 4 is 11.4 Å². The Kier molecular flexibility index (Phi) is 2.68. The quantitative estimate of drug-likeness (QED) is 0.812. The number of para-hydroxylation sites is 2. The summed E-state index contributed by atoms with van der Waals surface area (Å²) >= 11 is 0. The molecule has 3 rings (SSSR count). The Balaban J connectivity index is 1.72. The fourth-order valence-electron chi connectivity index (χ4n) is 1.91. The Morgan fingerprint density at radius 2 is 1.89 bits per heavy atom. The first-order valence-corrected chi connectivity index (χ1v) is 5.80. The van der Waals surface area contributed by atoms with Gasteiger partial charge in [-0.25, -0.2) is 0 Å². The number of fused-ring (bicyclic) bond motifs is 1. The smallest absolute Gasteiger partial charge is 0.231 e. The van der Waals surface area contributed by atoms with Gasteiger partial charge in [0.25, 0.3) is 0 Å². The van der Waals surface area contributed by atoms with Crippen LogP contribution in [0.1, 0.15) is 5.56 Å². The molecule has 0 saturated carbocycles. The van der Waals surface area contributed by atoms with E-state index in [9.17, 15) is 0 Å². The van der Waals surface area contributed by atoms with Gasteiger partial charge < -0.3 is 20.5 Å². The average Bonchev–Trinajstić information content (AvgIpc) is 2.85. The zero-order valence-electron chi connectivity index (χ0n) is 9.85. The van der Waals surface area contributed by atoms with Gasteiger partial charge in [0.15, 0.2) is 11.5 Å². The van der Waals surface area contributed by atoms with Crippen molar-refractivity contribution in [1.82, 2.24) is 0 Å². The van der Waals surface area contributed by atoms with Gasteiger partial charge in [-0.1, -0.05) is 18.2 Å². The second-order valence-corrected chi connectivity index (χ2v) is 4.13. The molecule has 0 saturated heterocycles. The Labute approximate surface area is 105 Å². The Hall–Kier alpha value is -2.36. The van der Waals surface area contributed by atoms with Crippen LogP contribution in [0.3, 0.4) is 0 Å². The van der Waals surface area contributed by atoms with Crippen LogP contribution in [0.15, 0.2) is 42.5 Å². The number of hydrogen-bond donors (Lipinski definition) is 2. The summed E-state index contributed by atoms with van der Waals surface area (Å²) in [6.45, 7) is 1.00. The lowest BCUT2D eigenvalue weighted by molar-refractivity contribution is 0.174. The fourth-order valence-corrected chi connectivity index (χ4v) is 1.91. The molecule has 0 spiro atoms. The van der Waals surface area contributed by atoms with Crippen molar-refractivity contribution in [2.24, 2.45) is 0 Å². The monoisotopic (exact) mass is 242 g/mol. The van der Waals surface area contributed by atoms with Gasteiger partial charge in [-0.15, -0.1) is 0 Å². The first kappa shape index (κ1) is 10.8. The third-order valence-electron chi connectivity index (χ3n) is 2.88. The van der Waals surface area contributed by atoms with Crippen LogP contribution in [0.25, 0.3) is 0 Å². The SMILES string of the molecule is Nc1ccccc1NCc1ccc2c(c1)OCO2. The van der Waals surface area contributed by atoms with Crippen LogP contribution in [-0.4, -0.2) is 6.79 Å². The molecular formula is C14H14N2O2. The van der Waals surface area contributed by atoms with E-state index in [1.54, 1.807) is 0 Å². The molecule has 2 aromatic carbocycles. The van der Waals surface area contributed by atoms with Crippen molar-refractivity contribution in [3.05, 3.63) is 48.0 Å². The number of nitrogen functional groups attached to an aromatic ring is 1. The predicted molar refractivity (Wildman–Crippen MR) is 70.7 cm³/mol. The lowest BCUT2D eigenvalue weighted by atomic mass is 10.2. The Bertz CT molecular complexity index is 569. The largest absolute Gasteiger partial charge is 0.454 e. The van der Waals surface area contributed by atoms with Crippen LogP contribution in [0.5, 0.6) is 11.5 Å². The zero-order chi connectivity index (χ0) is 12.4. The molecule has 18 heavy (non-hydrogen) atoms. The maximum atomic E-state index is 5.87. The topological polar surface area (TPSA) is 56.5 Å². The number of hydrogen-bond acceptors (Lipinski definition) is 4. The van der Waals surface area contributed by atoms with Crippen LogP contribution in [0.4, 0.5) is 11.4 Å². The minimum absolute atomic E-state index is 0.303. The first-order chi connectivity index (χ1) is 8.83. The van der Waals surface area contributed by atoms with E-state index in [4.69, 9.17) is 15.2 Å². The number of nitrogens with one attached hydrogen (secondary N) is 1. The first-order valence-electron chi connectivity index (χ1n) is 5.80. The Morgan fingerprint density at radius 1 is 1.06 bits per heavy atom. The average molecular weight is 242 g/mol. The highest BCUT2D eigenvalue weighted by atomic mass is 16.7. The third-order valence-corrected chi connectivity index (χ3v) is 2.88. The second-order valence-electron chi connectivity index (χ2n) is 4.13. The van der Waals surface area contributed by atoms with Gasteiger partial charge in [0, 0.05) is 6.54 Å². The molecule has 2 aromatic rings. The Morgan fingerprint density at radius 3 is 2.78 bits per heavy atom. The van der Waals surface area contributed by atoms with Crippen molar-refractivity contribution in [3.63, 3.8) is 0 Å². The highest BCUT2D eigenvalue weighted by Gasteiger charge is 2.12. The van der Waals surface area contributed by atoms with Crippen molar-refractivity contribution in [1.29, 1.82) is 0 Å². The van der Waals surface area contributed by atoms with Gasteiger partial charge in [-0.2, -0.15) is 0 Å². The summed E-state index contributed by atoms with van der Waals surface area (Å²) in [5, 5.41) is 3.30. The van der Waals surface area contributed by atoms with Gasteiger partial charge in [0.2, 0.25) is 6.79 Å². The van der Waals surface area contributed by atoms with Crippen molar-refractivity contribution in [2.75, 3.05) is 17.8 Å². The lowest BCUT2D eigenvalue weighted by Gasteiger charge is -2.09. The van der Waals surface area contributed by atoms with E-state index < -0.39 is 0 Å². The molecule has 0 aromatic heterocycles. The molecule has 3 N–H and O–H groups in total.